The van der Waals surface area contributed by atoms with E-state index in [1.807, 2.05) is 13.8 Å². The first-order valence-electron chi connectivity index (χ1n) is 19.3. The molecule has 0 saturated heterocycles. The summed E-state index contributed by atoms with van der Waals surface area (Å²) in [5, 5.41) is 0. The Morgan fingerprint density at radius 3 is 1.34 bits per heavy atom. The van der Waals surface area contributed by atoms with Gasteiger partial charge in [0.05, 0.1) is 13.0 Å². The zero-order valence-electron chi connectivity index (χ0n) is 30.2. The zero-order chi connectivity index (χ0) is 32.3. The molecule has 0 aliphatic carbocycles. The molecule has 1 aromatic heterocycles. The number of ether oxygens (including phenoxy) is 1. The summed E-state index contributed by atoms with van der Waals surface area (Å²) in [5.74, 6) is 0.0560. The molecular weight excluding hydrogens is 542 g/mol. The van der Waals surface area contributed by atoms with Gasteiger partial charge in [-0.25, -0.2) is 0 Å². The highest BCUT2D eigenvalue weighted by Crippen LogP contribution is 2.26. The highest BCUT2D eigenvalue weighted by molar-refractivity contribution is 5.99. The van der Waals surface area contributed by atoms with Crippen molar-refractivity contribution in [2.24, 2.45) is 0 Å². The Morgan fingerprint density at radius 2 is 0.932 bits per heavy atom. The van der Waals surface area contributed by atoms with Crippen LogP contribution in [0.4, 0.5) is 0 Å². The van der Waals surface area contributed by atoms with Crippen molar-refractivity contribution >= 4 is 11.8 Å². The largest absolute Gasteiger partial charge is 0.466 e. The Balaban J connectivity index is 2.41. The molecule has 0 bridgehead atoms. The number of esters is 1. The third-order valence-corrected chi connectivity index (χ3v) is 9.54. The number of rotatable bonds is 31. The number of hydrogen-bond acceptors (Lipinski definition) is 3. The molecule has 0 aliphatic heterocycles. The average Bonchev–Trinajstić information content (AvgIpc) is 3.23. The monoisotopic (exact) mass is 616 g/mol. The number of Topliss-reactive ketones (excluding diaryl/α,β-unsaturated/α-hetero) is 1. The van der Waals surface area contributed by atoms with Crippen LogP contribution in [0.2, 0.25) is 0 Å². The van der Waals surface area contributed by atoms with E-state index in [4.69, 9.17) is 4.74 Å². The van der Waals surface area contributed by atoms with Crippen LogP contribution in [0.25, 0.3) is 0 Å². The summed E-state index contributed by atoms with van der Waals surface area (Å²) in [5.41, 5.74) is 3.88. The summed E-state index contributed by atoms with van der Waals surface area (Å²) in [7, 11) is 0. The summed E-state index contributed by atoms with van der Waals surface area (Å²) in [4.78, 5) is 25.9. The number of nitrogens with zero attached hydrogens (tertiary/aromatic N) is 1. The van der Waals surface area contributed by atoms with Gasteiger partial charge in [-0.2, -0.15) is 0 Å². The molecule has 4 nitrogen and oxygen atoms in total. The van der Waals surface area contributed by atoms with Crippen molar-refractivity contribution in [2.75, 3.05) is 6.61 Å². The molecule has 1 aromatic rings. The third-order valence-electron chi connectivity index (χ3n) is 9.54. The Hall–Kier alpha value is -1.58. The van der Waals surface area contributed by atoms with Gasteiger partial charge in [0.25, 0.3) is 0 Å². The van der Waals surface area contributed by atoms with Crippen LogP contribution < -0.4 is 0 Å². The van der Waals surface area contributed by atoms with E-state index in [1.165, 1.54) is 141 Å². The fourth-order valence-electron chi connectivity index (χ4n) is 6.79. The van der Waals surface area contributed by atoms with Crippen LogP contribution in [0.15, 0.2) is 0 Å². The van der Waals surface area contributed by atoms with Gasteiger partial charge in [-0.1, -0.05) is 162 Å². The van der Waals surface area contributed by atoms with Crippen LogP contribution >= 0.6 is 0 Å². The minimum absolute atomic E-state index is 0.196. The Labute approximate surface area is 273 Å². The minimum atomic E-state index is -0.196. The lowest BCUT2D eigenvalue weighted by Crippen LogP contribution is -2.13. The molecule has 1 rings (SSSR count). The summed E-state index contributed by atoms with van der Waals surface area (Å²) in [6.45, 7) is 11.8. The van der Waals surface area contributed by atoms with E-state index in [0.717, 1.165) is 48.3 Å². The number of carbonyl (C=O) groups excluding carboxylic acids is 2. The lowest BCUT2D eigenvalue weighted by atomic mass is 9.99. The van der Waals surface area contributed by atoms with Crippen molar-refractivity contribution < 1.29 is 14.3 Å². The fourth-order valence-corrected chi connectivity index (χ4v) is 6.79. The second-order valence-electron chi connectivity index (χ2n) is 13.5. The summed E-state index contributed by atoms with van der Waals surface area (Å²) in [6, 6.07) is 0. The van der Waals surface area contributed by atoms with Crippen LogP contribution in [0.3, 0.4) is 0 Å². The molecule has 0 N–H and O–H groups in total. The fraction of sp³-hybridized carbons (Fsp3) is 0.850. The first-order valence-corrected chi connectivity index (χ1v) is 19.3. The van der Waals surface area contributed by atoms with Gasteiger partial charge in [0.15, 0.2) is 5.78 Å². The predicted molar refractivity (Wildman–Crippen MR) is 190 cm³/mol. The molecule has 0 amide bonds. The number of ketones is 1. The highest BCUT2D eigenvalue weighted by atomic mass is 16.5. The SMILES string of the molecule is CCCCCCCCCCCCCCCCCC(=O)c1c(C)c(CC(=O)OCC)n(CCCCCCCCCCCC)c1C. The van der Waals surface area contributed by atoms with E-state index in [9.17, 15) is 9.59 Å². The van der Waals surface area contributed by atoms with E-state index in [2.05, 4.69) is 25.3 Å². The second-order valence-corrected chi connectivity index (χ2v) is 13.5. The maximum absolute atomic E-state index is 13.4. The highest BCUT2D eigenvalue weighted by Gasteiger charge is 2.23. The standard InChI is InChI=1S/C40H73NO3/c1-6-9-11-13-15-17-19-20-21-22-23-24-26-28-30-32-38(42)40-35(4)37(34-39(43)44-8-3)41(36(40)5)33-31-29-27-25-18-16-14-12-10-7-2/h6-34H2,1-5H3. The van der Waals surface area contributed by atoms with Crippen molar-refractivity contribution in [3.63, 3.8) is 0 Å². The van der Waals surface area contributed by atoms with Crippen LogP contribution in [-0.2, 0) is 22.5 Å². The summed E-state index contributed by atoms with van der Waals surface area (Å²) in [6.07, 6.45) is 33.8. The van der Waals surface area contributed by atoms with Gasteiger partial charge in [-0.3, -0.25) is 9.59 Å². The van der Waals surface area contributed by atoms with E-state index >= 15 is 0 Å². The Kier molecular flexibility index (Phi) is 25.5. The molecule has 0 saturated carbocycles. The third kappa shape index (κ3) is 18.4. The van der Waals surface area contributed by atoms with Gasteiger partial charge in [0.1, 0.15) is 0 Å². The molecule has 256 valence electrons. The maximum atomic E-state index is 13.4. The maximum Gasteiger partial charge on any atom is 0.311 e. The number of hydrogen-bond donors (Lipinski definition) is 0. The summed E-state index contributed by atoms with van der Waals surface area (Å²) >= 11 is 0. The van der Waals surface area contributed by atoms with Crippen LogP contribution in [0.1, 0.15) is 215 Å². The minimum Gasteiger partial charge on any atom is -0.466 e. The quantitative estimate of drug-likeness (QED) is 0.0474. The Bertz CT molecular complexity index is 855. The molecule has 0 unspecified atom stereocenters. The van der Waals surface area contributed by atoms with Crippen molar-refractivity contribution in [1.29, 1.82) is 0 Å². The molecule has 0 atom stereocenters. The average molecular weight is 616 g/mol. The lowest BCUT2D eigenvalue weighted by Gasteiger charge is -2.12. The molecule has 0 aromatic carbocycles. The van der Waals surface area contributed by atoms with Gasteiger partial charge in [0.2, 0.25) is 0 Å². The number of carbonyl (C=O) groups is 2. The van der Waals surface area contributed by atoms with Gasteiger partial charge >= 0.3 is 5.97 Å². The first-order chi connectivity index (χ1) is 21.5. The van der Waals surface area contributed by atoms with E-state index in [-0.39, 0.29) is 18.2 Å². The molecule has 4 heteroatoms. The zero-order valence-corrected chi connectivity index (χ0v) is 30.2. The topological polar surface area (TPSA) is 48.3 Å². The van der Waals surface area contributed by atoms with Crippen LogP contribution in [-0.4, -0.2) is 22.9 Å². The lowest BCUT2D eigenvalue weighted by molar-refractivity contribution is -0.142. The van der Waals surface area contributed by atoms with E-state index in [1.54, 1.807) is 0 Å². The smallest absolute Gasteiger partial charge is 0.311 e. The number of aromatic nitrogens is 1. The van der Waals surface area contributed by atoms with Gasteiger partial charge in [-0.05, 0) is 39.2 Å². The molecule has 44 heavy (non-hydrogen) atoms. The van der Waals surface area contributed by atoms with Crippen molar-refractivity contribution in [3.8, 4) is 0 Å². The van der Waals surface area contributed by atoms with E-state index < -0.39 is 0 Å². The van der Waals surface area contributed by atoms with Crippen LogP contribution in [0, 0.1) is 13.8 Å². The molecule has 0 aliphatic rings. The predicted octanol–water partition coefficient (Wildman–Crippen LogP) is 12.6. The normalized spacial score (nSPS) is 11.4. The molecule has 0 fully saturated rings. The van der Waals surface area contributed by atoms with Crippen molar-refractivity contribution in [1.82, 2.24) is 4.57 Å². The van der Waals surface area contributed by atoms with Crippen molar-refractivity contribution in [3.05, 3.63) is 22.5 Å². The van der Waals surface area contributed by atoms with Crippen molar-refractivity contribution in [2.45, 2.75) is 215 Å². The summed E-state index contributed by atoms with van der Waals surface area (Å²) < 4.78 is 7.55. The molecular formula is C40H73NO3. The molecule has 1 heterocycles. The van der Waals surface area contributed by atoms with Gasteiger partial charge in [-0.15, -0.1) is 0 Å². The molecule has 0 radical (unpaired) electrons. The first kappa shape index (κ1) is 40.4. The van der Waals surface area contributed by atoms with Crippen LogP contribution in [0.5, 0.6) is 0 Å². The van der Waals surface area contributed by atoms with Gasteiger partial charge < -0.3 is 9.30 Å². The number of unbranched alkanes of at least 4 members (excludes halogenated alkanes) is 23. The molecule has 0 spiro atoms. The van der Waals surface area contributed by atoms with Gasteiger partial charge in [0, 0.05) is 29.9 Å². The Morgan fingerprint density at radius 1 is 0.545 bits per heavy atom. The van der Waals surface area contributed by atoms with E-state index in [0.29, 0.717) is 13.0 Å². The second kappa shape index (κ2) is 27.7.